The van der Waals surface area contributed by atoms with Crippen LogP contribution >= 0.6 is 11.3 Å². The van der Waals surface area contributed by atoms with Crippen LogP contribution in [0.2, 0.25) is 0 Å². The van der Waals surface area contributed by atoms with Crippen molar-refractivity contribution in [2.75, 3.05) is 7.05 Å². The van der Waals surface area contributed by atoms with Gasteiger partial charge in [-0.3, -0.25) is 4.79 Å². The fraction of sp³-hybridized carbons (Fsp3) is 0.158. The number of sulfonamides is 1. The van der Waals surface area contributed by atoms with Gasteiger partial charge in [0.1, 0.15) is 10.7 Å². The normalized spacial score (nSPS) is 11.3. The number of rotatable bonds is 6. The smallest absolute Gasteiger partial charge is 0.271 e. The number of carbonyl (C=O) groups excluding carboxylic acids is 1. The molecule has 0 aliphatic rings. The fourth-order valence-electron chi connectivity index (χ4n) is 2.38. The van der Waals surface area contributed by atoms with Gasteiger partial charge in [-0.05, 0) is 31.7 Å². The van der Waals surface area contributed by atoms with Gasteiger partial charge in [0.2, 0.25) is 10.0 Å². The molecule has 140 valence electrons. The lowest BCUT2D eigenvalue weighted by molar-refractivity contribution is 0.0946. The average Bonchev–Trinajstić information content (AvgIpc) is 3.17. The summed E-state index contributed by atoms with van der Waals surface area (Å²) < 4.78 is 25.7. The molecule has 27 heavy (non-hydrogen) atoms. The SMILES string of the molecule is CNS(=O)(=O)c1ccc(CNC(=O)c2csc(-c3ccc(C)cc3)n2)cc1. The Balaban J connectivity index is 1.64. The standard InChI is InChI=1S/C19H19N3O3S2/c1-13-3-7-15(8-4-13)19-22-17(12-26-19)18(23)21-11-14-5-9-16(10-6-14)27(24,25)20-2/h3-10,12,20H,11H2,1-2H3,(H,21,23). The lowest BCUT2D eigenvalue weighted by Crippen LogP contribution is -2.23. The first-order chi connectivity index (χ1) is 12.9. The van der Waals surface area contributed by atoms with Crippen LogP contribution in [0.25, 0.3) is 10.6 Å². The van der Waals surface area contributed by atoms with Gasteiger partial charge in [0.05, 0.1) is 4.90 Å². The molecule has 2 N–H and O–H groups in total. The number of aryl methyl sites for hydroxylation is 1. The zero-order valence-electron chi connectivity index (χ0n) is 14.9. The van der Waals surface area contributed by atoms with Gasteiger partial charge in [-0.1, -0.05) is 42.0 Å². The molecule has 3 rings (SSSR count). The van der Waals surface area contributed by atoms with Gasteiger partial charge in [-0.25, -0.2) is 18.1 Å². The highest BCUT2D eigenvalue weighted by Gasteiger charge is 2.13. The Labute approximate surface area is 162 Å². The van der Waals surface area contributed by atoms with E-state index in [1.54, 1.807) is 17.5 Å². The van der Waals surface area contributed by atoms with Crippen LogP contribution in [-0.4, -0.2) is 26.4 Å². The summed E-state index contributed by atoms with van der Waals surface area (Å²) in [6, 6.07) is 14.3. The molecule has 6 nitrogen and oxygen atoms in total. The third-order valence-electron chi connectivity index (χ3n) is 3.99. The largest absolute Gasteiger partial charge is 0.347 e. The molecular weight excluding hydrogens is 382 g/mol. The van der Waals surface area contributed by atoms with Crippen molar-refractivity contribution >= 4 is 27.3 Å². The number of aromatic nitrogens is 1. The molecule has 0 unspecified atom stereocenters. The van der Waals surface area contributed by atoms with Crippen molar-refractivity contribution in [3.8, 4) is 10.6 Å². The Kier molecular flexibility index (Phi) is 5.69. The summed E-state index contributed by atoms with van der Waals surface area (Å²) in [4.78, 5) is 16.9. The van der Waals surface area contributed by atoms with E-state index in [1.807, 2.05) is 31.2 Å². The molecule has 0 aliphatic carbocycles. The Hall–Kier alpha value is -2.55. The highest BCUT2D eigenvalue weighted by Crippen LogP contribution is 2.24. The van der Waals surface area contributed by atoms with Gasteiger partial charge in [-0.2, -0.15) is 0 Å². The lowest BCUT2D eigenvalue weighted by atomic mass is 10.2. The second-order valence-electron chi connectivity index (χ2n) is 5.94. The Bertz CT molecular complexity index is 1040. The van der Waals surface area contributed by atoms with Crippen LogP contribution < -0.4 is 10.0 Å². The number of hydrogen-bond donors (Lipinski definition) is 2. The van der Waals surface area contributed by atoms with E-state index in [1.165, 1.54) is 36.1 Å². The zero-order valence-corrected chi connectivity index (χ0v) is 16.5. The number of benzene rings is 2. The second-order valence-corrected chi connectivity index (χ2v) is 8.68. The second kappa shape index (κ2) is 7.99. The predicted molar refractivity (Wildman–Crippen MR) is 106 cm³/mol. The summed E-state index contributed by atoms with van der Waals surface area (Å²) in [6.45, 7) is 2.31. The maximum atomic E-state index is 12.3. The van der Waals surface area contributed by atoms with Crippen LogP contribution in [0.1, 0.15) is 21.6 Å². The maximum absolute atomic E-state index is 12.3. The third-order valence-corrected chi connectivity index (χ3v) is 6.31. The van der Waals surface area contributed by atoms with Gasteiger partial charge >= 0.3 is 0 Å². The van der Waals surface area contributed by atoms with E-state index in [2.05, 4.69) is 15.0 Å². The topological polar surface area (TPSA) is 88.2 Å². The number of carbonyl (C=O) groups is 1. The van der Waals surface area contributed by atoms with Crippen LogP contribution in [0.4, 0.5) is 0 Å². The first kappa shape index (κ1) is 19.2. The molecule has 1 aromatic heterocycles. The molecule has 0 bridgehead atoms. The molecule has 0 fully saturated rings. The summed E-state index contributed by atoms with van der Waals surface area (Å²) in [7, 11) is -2.10. The van der Waals surface area contributed by atoms with Crippen molar-refractivity contribution in [1.29, 1.82) is 0 Å². The van der Waals surface area contributed by atoms with Crippen LogP contribution in [0.3, 0.4) is 0 Å². The Morgan fingerprint density at radius 2 is 1.74 bits per heavy atom. The van der Waals surface area contributed by atoms with E-state index in [-0.39, 0.29) is 17.3 Å². The molecule has 0 radical (unpaired) electrons. The first-order valence-corrected chi connectivity index (χ1v) is 10.6. The molecule has 2 aromatic carbocycles. The predicted octanol–water partition coefficient (Wildman–Crippen LogP) is 2.96. The van der Waals surface area contributed by atoms with Gasteiger partial charge in [0, 0.05) is 17.5 Å². The monoisotopic (exact) mass is 401 g/mol. The minimum absolute atomic E-state index is 0.183. The molecule has 8 heteroatoms. The van der Waals surface area contributed by atoms with E-state index in [9.17, 15) is 13.2 Å². The highest BCUT2D eigenvalue weighted by atomic mass is 32.2. The number of thiazole rings is 1. The van der Waals surface area contributed by atoms with Crippen molar-refractivity contribution < 1.29 is 13.2 Å². The van der Waals surface area contributed by atoms with Gasteiger partial charge < -0.3 is 5.32 Å². The third kappa shape index (κ3) is 4.60. The maximum Gasteiger partial charge on any atom is 0.271 e. The summed E-state index contributed by atoms with van der Waals surface area (Å²) in [5.74, 6) is -0.267. The number of nitrogens with zero attached hydrogens (tertiary/aromatic N) is 1. The summed E-state index contributed by atoms with van der Waals surface area (Å²) >= 11 is 1.42. The number of hydrogen-bond acceptors (Lipinski definition) is 5. The van der Waals surface area contributed by atoms with Crippen molar-refractivity contribution in [1.82, 2.24) is 15.0 Å². The molecule has 3 aromatic rings. The van der Waals surface area contributed by atoms with E-state index < -0.39 is 10.0 Å². The molecule has 0 aliphatic heterocycles. The molecule has 0 saturated heterocycles. The Morgan fingerprint density at radius 3 is 2.37 bits per heavy atom. The van der Waals surface area contributed by atoms with Crippen LogP contribution in [0.5, 0.6) is 0 Å². The first-order valence-electron chi connectivity index (χ1n) is 8.22. The molecule has 0 atom stereocenters. The van der Waals surface area contributed by atoms with Gasteiger partial charge in [-0.15, -0.1) is 11.3 Å². The van der Waals surface area contributed by atoms with Crippen molar-refractivity contribution in [2.45, 2.75) is 18.4 Å². The lowest BCUT2D eigenvalue weighted by Gasteiger charge is -2.06. The van der Waals surface area contributed by atoms with E-state index in [4.69, 9.17) is 0 Å². The van der Waals surface area contributed by atoms with Gasteiger partial charge in [0.25, 0.3) is 5.91 Å². The van der Waals surface area contributed by atoms with Gasteiger partial charge in [0.15, 0.2) is 0 Å². The summed E-state index contributed by atoms with van der Waals surface area (Å²) in [6.07, 6.45) is 0. The van der Waals surface area contributed by atoms with Crippen molar-refractivity contribution in [2.24, 2.45) is 0 Å². The summed E-state index contributed by atoms with van der Waals surface area (Å²) in [5.41, 5.74) is 3.31. The quantitative estimate of drug-likeness (QED) is 0.665. The van der Waals surface area contributed by atoms with E-state index >= 15 is 0 Å². The highest BCUT2D eigenvalue weighted by molar-refractivity contribution is 7.89. The average molecular weight is 402 g/mol. The molecule has 0 saturated carbocycles. The number of amides is 1. The van der Waals surface area contributed by atoms with Crippen LogP contribution in [-0.2, 0) is 16.6 Å². The Morgan fingerprint density at radius 1 is 1.07 bits per heavy atom. The molecule has 0 spiro atoms. The van der Waals surface area contributed by atoms with Crippen LogP contribution in [0, 0.1) is 6.92 Å². The summed E-state index contributed by atoms with van der Waals surface area (Å²) in [5, 5.41) is 5.32. The minimum Gasteiger partial charge on any atom is -0.347 e. The van der Waals surface area contributed by atoms with Crippen molar-refractivity contribution in [3.05, 3.63) is 70.7 Å². The van der Waals surface area contributed by atoms with E-state index in [0.29, 0.717) is 5.69 Å². The van der Waals surface area contributed by atoms with Crippen LogP contribution in [0.15, 0.2) is 58.8 Å². The molecule has 1 amide bonds. The fourth-order valence-corrected chi connectivity index (χ4v) is 3.92. The zero-order chi connectivity index (χ0) is 19.4. The van der Waals surface area contributed by atoms with Crippen molar-refractivity contribution in [3.63, 3.8) is 0 Å². The number of nitrogens with one attached hydrogen (secondary N) is 2. The van der Waals surface area contributed by atoms with E-state index in [0.717, 1.165) is 16.1 Å². The minimum atomic E-state index is -3.46. The molecule has 1 heterocycles. The molecular formula is C19H19N3O3S2.